The van der Waals surface area contributed by atoms with Crippen LogP contribution in [0.15, 0.2) is 22.7 Å². The first-order valence-corrected chi connectivity index (χ1v) is 6.65. The van der Waals surface area contributed by atoms with Crippen molar-refractivity contribution < 1.29 is 4.74 Å². The standard InChI is InChI=1S/C12H15BrClNO/c13-12-5-11(14)2-1-10(12)7-15-6-9-3-4-16-8-9/h1-2,5,9,15H,3-4,6-8H2. The van der Waals surface area contributed by atoms with Crippen molar-refractivity contribution in [2.45, 2.75) is 13.0 Å². The summed E-state index contributed by atoms with van der Waals surface area (Å²) in [6, 6.07) is 5.89. The first kappa shape index (κ1) is 12.4. The Morgan fingerprint density at radius 1 is 1.50 bits per heavy atom. The molecule has 16 heavy (non-hydrogen) atoms. The largest absolute Gasteiger partial charge is 0.381 e. The fraction of sp³-hybridized carbons (Fsp3) is 0.500. The van der Waals surface area contributed by atoms with Crippen LogP contribution in [0.5, 0.6) is 0 Å². The van der Waals surface area contributed by atoms with E-state index in [4.69, 9.17) is 16.3 Å². The van der Waals surface area contributed by atoms with Crippen LogP contribution in [0.25, 0.3) is 0 Å². The summed E-state index contributed by atoms with van der Waals surface area (Å²) in [5.41, 5.74) is 1.24. The topological polar surface area (TPSA) is 21.3 Å². The van der Waals surface area contributed by atoms with Gasteiger partial charge in [0, 0.05) is 29.2 Å². The van der Waals surface area contributed by atoms with Gasteiger partial charge in [-0.25, -0.2) is 0 Å². The maximum atomic E-state index is 5.89. The lowest BCUT2D eigenvalue weighted by molar-refractivity contribution is 0.185. The first-order valence-electron chi connectivity index (χ1n) is 5.48. The molecule has 0 saturated carbocycles. The number of benzene rings is 1. The fourth-order valence-corrected chi connectivity index (χ4v) is 2.64. The molecule has 88 valence electrons. The monoisotopic (exact) mass is 303 g/mol. The van der Waals surface area contributed by atoms with E-state index in [-0.39, 0.29) is 0 Å². The third-order valence-corrected chi connectivity index (χ3v) is 3.76. The van der Waals surface area contributed by atoms with Crippen LogP contribution in [-0.2, 0) is 11.3 Å². The number of rotatable bonds is 4. The van der Waals surface area contributed by atoms with Crippen LogP contribution in [0.4, 0.5) is 0 Å². The Bertz CT molecular complexity index is 353. The van der Waals surface area contributed by atoms with Gasteiger partial charge in [0.15, 0.2) is 0 Å². The van der Waals surface area contributed by atoms with Crippen LogP contribution in [0.1, 0.15) is 12.0 Å². The van der Waals surface area contributed by atoms with Gasteiger partial charge in [-0.1, -0.05) is 33.6 Å². The van der Waals surface area contributed by atoms with Crippen LogP contribution in [0.2, 0.25) is 5.02 Å². The number of ether oxygens (including phenoxy) is 1. The van der Waals surface area contributed by atoms with Gasteiger partial charge < -0.3 is 10.1 Å². The van der Waals surface area contributed by atoms with Gasteiger partial charge in [-0.15, -0.1) is 0 Å². The highest BCUT2D eigenvalue weighted by Gasteiger charge is 2.14. The molecule has 1 atom stereocenters. The highest BCUT2D eigenvalue weighted by atomic mass is 79.9. The molecule has 1 heterocycles. The summed E-state index contributed by atoms with van der Waals surface area (Å²) in [5, 5.41) is 4.21. The summed E-state index contributed by atoms with van der Waals surface area (Å²) >= 11 is 9.40. The summed E-state index contributed by atoms with van der Waals surface area (Å²) < 4.78 is 6.40. The average molecular weight is 305 g/mol. The Morgan fingerprint density at radius 3 is 3.06 bits per heavy atom. The zero-order valence-corrected chi connectivity index (χ0v) is 11.4. The van der Waals surface area contributed by atoms with Crippen LogP contribution >= 0.6 is 27.5 Å². The molecule has 1 aliphatic heterocycles. The van der Waals surface area contributed by atoms with E-state index in [0.717, 1.165) is 35.8 Å². The Balaban J connectivity index is 1.80. The number of halogens is 2. The maximum absolute atomic E-state index is 5.89. The van der Waals surface area contributed by atoms with Crippen LogP contribution in [0, 0.1) is 5.92 Å². The highest BCUT2D eigenvalue weighted by molar-refractivity contribution is 9.10. The lowest BCUT2D eigenvalue weighted by Crippen LogP contribution is -2.22. The molecule has 1 aromatic rings. The summed E-state index contributed by atoms with van der Waals surface area (Å²) in [6.45, 7) is 3.70. The van der Waals surface area contributed by atoms with Gasteiger partial charge in [0.05, 0.1) is 6.61 Å². The maximum Gasteiger partial charge on any atom is 0.0507 e. The third-order valence-electron chi connectivity index (χ3n) is 2.79. The minimum Gasteiger partial charge on any atom is -0.381 e. The lowest BCUT2D eigenvalue weighted by atomic mass is 10.1. The number of hydrogen-bond acceptors (Lipinski definition) is 2. The Labute approximate surface area is 109 Å². The third kappa shape index (κ3) is 3.45. The molecule has 0 bridgehead atoms. The zero-order valence-electron chi connectivity index (χ0n) is 9.01. The zero-order chi connectivity index (χ0) is 11.4. The van der Waals surface area contributed by atoms with Gasteiger partial charge >= 0.3 is 0 Å². The minimum absolute atomic E-state index is 0.672. The van der Waals surface area contributed by atoms with E-state index < -0.39 is 0 Å². The van der Waals surface area contributed by atoms with E-state index >= 15 is 0 Å². The summed E-state index contributed by atoms with van der Waals surface area (Å²) in [6.07, 6.45) is 1.18. The van der Waals surface area contributed by atoms with E-state index in [1.165, 1.54) is 12.0 Å². The van der Waals surface area contributed by atoms with Gasteiger partial charge in [-0.3, -0.25) is 0 Å². The molecule has 2 nitrogen and oxygen atoms in total. The molecule has 2 rings (SSSR count). The van der Waals surface area contributed by atoms with Gasteiger partial charge in [0.1, 0.15) is 0 Å². The smallest absolute Gasteiger partial charge is 0.0507 e. The molecule has 0 aromatic heterocycles. The second-order valence-corrected chi connectivity index (χ2v) is 5.39. The predicted molar refractivity (Wildman–Crippen MR) is 69.8 cm³/mol. The Kier molecular flexibility index (Phi) is 4.65. The van der Waals surface area contributed by atoms with E-state index in [9.17, 15) is 0 Å². The average Bonchev–Trinajstić information content (AvgIpc) is 2.74. The SMILES string of the molecule is Clc1ccc(CNCC2CCOC2)c(Br)c1. The Hall–Kier alpha value is -0.0900. The molecule has 0 amide bonds. The van der Waals surface area contributed by atoms with E-state index in [1.807, 2.05) is 18.2 Å². The van der Waals surface area contributed by atoms with Crippen molar-refractivity contribution in [3.63, 3.8) is 0 Å². The normalized spacial score (nSPS) is 20.2. The second kappa shape index (κ2) is 6.01. The molecular formula is C12H15BrClNO. The van der Waals surface area contributed by atoms with Crippen molar-refractivity contribution in [1.82, 2.24) is 5.32 Å². The number of hydrogen-bond donors (Lipinski definition) is 1. The molecule has 0 aliphatic carbocycles. The quantitative estimate of drug-likeness (QED) is 0.922. The first-order chi connectivity index (χ1) is 7.75. The summed E-state index contributed by atoms with van der Waals surface area (Å²) in [4.78, 5) is 0. The molecule has 0 spiro atoms. The minimum atomic E-state index is 0.672. The molecule has 1 aliphatic rings. The molecular weight excluding hydrogens is 289 g/mol. The van der Waals surface area contributed by atoms with Crippen molar-refractivity contribution in [2.75, 3.05) is 19.8 Å². The van der Waals surface area contributed by atoms with Crippen molar-refractivity contribution >= 4 is 27.5 Å². The second-order valence-electron chi connectivity index (χ2n) is 4.10. The van der Waals surface area contributed by atoms with E-state index in [1.54, 1.807) is 0 Å². The van der Waals surface area contributed by atoms with E-state index in [0.29, 0.717) is 5.92 Å². The molecule has 1 N–H and O–H groups in total. The van der Waals surface area contributed by atoms with Crippen LogP contribution in [-0.4, -0.2) is 19.8 Å². The van der Waals surface area contributed by atoms with Gasteiger partial charge in [0.25, 0.3) is 0 Å². The molecule has 1 unspecified atom stereocenters. The molecule has 1 aromatic carbocycles. The highest BCUT2D eigenvalue weighted by Crippen LogP contribution is 2.21. The van der Waals surface area contributed by atoms with Crippen molar-refractivity contribution in [2.24, 2.45) is 5.92 Å². The predicted octanol–water partition coefficient (Wildman–Crippen LogP) is 3.23. The Morgan fingerprint density at radius 2 is 2.38 bits per heavy atom. The van der Waals surface area contributed by atoms with Crippen molar-refractivity contribution in [3.8, 4) is 0 Å². The van der Waals surface area contributed by atoms with Crippen molar-refractivity contribution in [3.05, 3.63) is 33.3 Å². The van der Waals surface area contributed by atoms with Gasteiger partial charge in [-0.05, 0) is 30.0 Å². The van der Waals surface area contributed by atoms with E-state index in [2.05, 4.69) is 21.2 Å². The van der Waals surface area contributed by atoms with Crippen LogP contribution in [0.3, 0.4) is 0 Å². The van der Waals surface area contributed by atoms with Crippen molar-refractivity contribution in [1.29, 1.82) is 0 Å². The molecule has 1 saturated heterocycles. The lowest BCUT2D eigenvalue weighted by Gasteiger charge is -2.10. The fourth-order valence-electron chi connectivity index (χ4n) is 1.82. The van der Waals surface area contributed by atoms with Gasteiger partial charge in [-0.2, -0.15) is 0 Å². The summed E-state index contributed by atoms with van der Waals surface area (Å²) in [7, 11) is 0. The molecule has 4 heteroatoms. The molecule has 0 radical (unpaired) electrons. The van der Waals surface area contributed by atoms with Crippen LogP contribution < -0.4 is 5.32 Å². The van der Waals surface area contributed by atoms with Gasteiger partial charge in [0.2, 0.25) is 0 Å². The summed E-state index contributed by atoms with van der Waals surface area (Å²) in [5.74, 6) is 0.672. The molecule has 1 fully saturated rings. The number of nitrogens with one attached hydrogen (secondary N) is 1.